The lowest BCUT2D eigenvalue weighted by atomic mass is 9.92. The number of methoxy groups -OCH3 is 1. The van der Waals surface area contributed by atoms with Gasteiger partial charge in [-0.05, 0) is 37.3 Å². The summed E-state index contributed by atoms with van der Waals surface area (Å²) in [6.45, 7) is 8.56. The average molecular weight is 250 g/mol. The van der Waals surface area contributed by atoms with Crippen LogP contribution in [-0.2, 0) is 11.2 Å². The van der Waals surface area contributed by atoms with Gasteiger partial charge in [-0.3, -0.25) is 11.3 Å². The van der Waals surface area contributed by atoms with Gasteiger partial charge in [0.1, 0.15) is 0 Å². The van der Waals surface area contributed by atoms with Crippen LogP contribution in [0.2, 0.25) is 0 Å². The Kier molecular flexibility index (Phi) is 5.79. The molecule has 0 fully saturated rings. The summed E-state index contributed by atoms with van der Waals surface area (Å²) in [5.41, 5.74) is 6.83. The number of nitrogens with two attached hydrogens (primary N) is 1. The van der Waals surface area contributed by atoms with Crippen molar-refractivity contribution < 1.29 is 4.74 Å². The van der Waals surface area contributed by atoms with Crippen molar-refractivity contribution in [2.75, 3.05) is 7.11 Å². The Labute approximate surface area is 111 Å². The summed E-state index contributed by atoms with van der Waals surface area (Å²) in [7, 11) is 1.75. The number of hydrogen-bond acceptors (Lipinski definition) is 3. The SMILES string of the molecule is COC(C(C)C)C(Cc1cc(C)ccc1C)NN. The molecule has 18 heavy (non-hydrogen) atoms. The van der Waals surface area contributed by atoms with Crippen LogP contribution in [0.4, 0.5) is 0 Å². The van der Waals surface area contributed by atoms with Gasteiger partial charge in [-0.25, -0.2) is 0 Å². The van der Waals surface area contributed by atoms with Gasteiger partial charge >= 0.3 is 0 Å². The summed E-state index contributed by atoms with van der Waals surface area (Å²) in [5.74, 6) is 6.12. The zero-order valence-corrected chi connectivity index (χ0v) is 12.2. The second kappa shape index (κ2) is 6.88. The van der Waals surface area contributed by atoms with Crippen LogP contribution in [-0.4, -0.2) is 19.3 Å². The van der Waals surface area contributed by atoms with E-state index in [4.69, 9.17) is 10.6 Å². The molecule has 3 heteroatoms. The molecule has 2 atom stereocenters. The van der Waals surface area contributed by atoms with Gasteiger partial charge in [0.2, 0.25) is 0 Å². The molecule has 0 radical (unpaired) electrons. The first-order valence-corrected chi connectivity index (χ1v) is 6.54. The molecule has 0 bridgehead atoms. The predicted octanol–water partition coefficient (Wildman–Crippen LogP) is 2.35. The molecule has 2 unspecified atom stereocenters. The van der Waals surface area contributed by atoms with Crippen molar-refractivity contribution in [2.45, 2.75) is 46.3 Å². The van der Waals surface area contributed by atoms with Crippen molar-refractivity contribution in [1.82, 2.24) is 5.43 Å². The molecule has 0 saturated heterocycles. The zero-order chi connectivity index (χ0) is 13.7. The van der Waals surface area contributed by atoms with Crippen molar-refractivity contribution in [2.24, 2.45) is 11.8 Å². The average Bonchev–Trinajstić information content (AvgIpc) is 2.32. The Morgan fingerprint density at radius 2 is 1.94 bits per heavy atom. The van der Waals surface area contributed by atoms with Crippen LogP contribution in [0.15, 0.2) is 18.2 Å². The summed E-state index contributed by atoms with van der Waals surface area (Å²) in [4.78, 5) is 0. The van der Waals surface area contributed by atoms with E-state index in [-0.39, 0.29) is 12.1 Å². The van der Waals surface area contributed by atoms with Gasteiger partial charge in [0.25, 0.3) is 0 Å². The number of rotatable bonds is 6. The zero-order valence-electron chi connectivity index (χ0n) is 12.2. The van der Waals surface area contributed by atoms with E-state index < -0.39 is 0 Å². The number of aryl methyl sites for hydroxylation is 2. The van der Waals surface area contributed by atoms with Gasteiger partial charge in [-0.2, -0.15) is 0 Å². The van der Waals surface area contributed by atoms with Crippen LogP contribution in [0.5, 0.6) is 0 Å². The summed E-state index contributed by atoms with van der Waals surface area (Å²) >= 11 is 0. The Bertz CT molecular complexity index is 377. The van der Waals surface area contributed by atoms with Crippen molar-refractivity contribution in [3.63, 3.8) is 0 Å². The molecule has 0 heterocycles. The fourth-order valence-corrected chi connectivity index (χ4v) is 2.43. The molecule has 0 aliphatic rings. The third-order valence-corrected chi connectivity index (χ3v) is 3.48. The van der Waals surface area contributed by atoms with E-state index in [1.165, 1.54) is 16.7 Å². The van der Waals surface area contributed by atoms with E-state index in [0.29, 0.717) is 5.92 Å². The van der Waals surface area contributed by atoms with Gasteiger partial charge in [0.15, 0.2) is 0 Å². The highest BCUT2D eigenvalue weighted by atomic mass is 16.5. The normalized spacial score (nSPS) is 14.8. The van der Waals surface area contributed by atoms with Crippen molar-refractivity contribution >= 4 is 0 Å². The summed E-state index contributed by atoms with van der Waals surface area (Å²) < 4.78 is 5.56. The molecule has 0 aliphatic heterocycles. The smallest absolute Gasteiger partial charge is 0.0763 e. The number of nitrogens with one attached hydrogen (secondary N) is 1. The van der Waals surface area contributed by atoms with Crippen LogP contribution in [0.25, 0.3) is 0 Å². The fraction of sp³-hybridized carbons (Fsp3) is 0.600. The Hall–Kier alpha value is -0.900. The minimum Gasteiger partial charge on any atom is -0.380 e. The first-order chi connectivity index (χ1) is 8.49. The van der Waals surface area contributed by atoms with E-state index in [0.717, 1.165) is 6.42 Å². The number of hydrazine groups is 1. The molecule has 0 saturated carbocycles. The van der Waals surface area contributed by atoms with Gasteiger partial charge < -0.3 is 4.74 Å². The van der Waals surface area contributed by atoms with Crippen LogP contribution >= 0.6 is 0 Å². The van der Waals surface area contributed by atoms with Gasteiger partial charge in [-0.1, -0.05) is 37.6 Å². The largest absolute Gasteiger partial charge is 0.380 e. The maximum absolute atomic E-state index is 5.69. The molecule has 3 nitrogen and oxygen atoms in total. The molecule has 0 spiro atoms. The fourth-order valence-electron chi connectivity index (χ4n) is 2.43. The molecule has 1 rings (SSSR count). The second-order valence-electron chi connectivity index (χ2n) is 5.35. The molecule has 0 amide bonds. The molecular weight excluding hydrogens is 224 g/mol. The maximum Gasteiger partial charge on any atom is 0.0763 e. The lowest BCUT2D eigenvalue weighted by molar-refractivity contribution is 0.0332. The Balaban J connectivity index is 2.88. The molecule has 0 aromatic heterocycles. The predicted molar refractivity (Wildman–Crippen MR) is 76.4 cm³/mol. The molecule has 1 aromatic carbocycles. The van der Waals surface area contributed by atoms with Crippen LogP contribution < -0.4 is 11.3 Å². The maximum atomic E-state index is 5.69. The standard InChI is InChI=1S/C15H26N2O/c1-10(2)15(18-5)14(17-16)9-13-8-11(3)6-7-12(13)4/h6-8,10,14-15,17H,9,16H2,1-5H3. The summed E-state index contributed by atoms with van der Waals surface area (Å²) in [6, 6.07) is 6.66. The van der Waals surface area contributed by atoms with Gasteiger partial charge in [0, 0.05) is 7.11 Å². The topological polar surface area (TPSA) is 47.3 Å². The first kappa shape index (κ1) is 15.2. The Morgan fingerprint density at radius 1 is 1.28 bits per heavy atom. The highest BCUT2D eigenvalue weighted by Crippen LogP contribution is 2.18. The number of benzene rings is 1. The third-order valence-electron chi connectivity index (χ3n) is 3.48. The van der Waals surface area contributed by atoms with Crippen LogP contribution in [0.1, 0.15) is 30.5 Å². The van der Waals surface area contributed by atoms with E-state index in [1.54, 1.807) is 7.11 Å². The minimum atomic E-state index is 0.120. The third kappa shape index (κ3) is 3.80. The van der Waals surface area contributed by atoms with Crippen molar-refractivity contribution in [3.8, 4) is 0 Å². The van der Waals surface area contributed by atoms with Crippen LogP contribution in [0, 0.1) is 19.8 Å². The Morgan fingerprint density at radius 3 is 2.44 bits per heavy atom. The molecule has 1 aromatic rings. The molecular formula is C15H26N2O. The second-order valence-corrected chi connectivity index (χ2v) is 5.35. The highest BCUT2D eigenvalue weighted by Gasteiger charge is 2.24. The molecule has 0 aliphatic carbocycles. The van der Waals surface area contributed by atoms with E-state index >= 15 is 0 Å². The lowest BCUT2D eigenvalue weighted by Gasteiger charge is -2.29. The van der Waals surface area contributed by atoms with Gasteiger partial charge in [0.05, 0.1) is 12.1 Å². The molecule has 3 N–H and O–H groups in total. The quantitative estimate of drug-likeness (QED) is 0.602. The monoisotopic (exact) mass is 250 g/mol. The van der Waals surface area contributed by atoms with E-state index in [9.17, 15) is 0 Å². The van der Waals surface area contributed by atoms with Crippen molar-refractivity contribution in [3.05, 3.63) is 34.9 Å². The summed E-state index contributed by atoms with van der Waals surface area (Å²) in [6.07, 6.45) is 1.01. The number of hydrogen-bond donors (Lipinski definition) is 2. The highest BCUT2D eigenvalue weighted by molar-refractivity contribution is 5.31. The lowest BCUT2D eigenvalue weighted by Crippen LogP contribution is -2.48. The summed E-state index contributed by atoms with van der Waals surface area (Å²) in [5, 5.41) is 0. The minimum absolute atomic E-state index is 0.120. The van der Waals surface area contributed by atoms with Gasteiger partial charge in [-0.15, -0.1) is 0 Å². The van der Waals surface area contributed by atoms with Crippen LogP contribution in [0.3, 0.4) is 0 Å². The van der Waals surface area contributed by atoms with E-state index in [1.807, 2.05) is 0 Å². The molecule has 102 valence electrons. The number of ether oxygens (including phenoxy) is 1. The van der Waals surface area contributed by atoms with E-state index in [2.05, 4.69) is 51.3 Å². The van der Waals surface area contributed by atoms with Crippen molar-refractivity contribution in [1.29, 1.82) is 0 Å². The first-order valence-electron chi connectivity index (χ1n) is 6.54.